The van der Waals surface area contributed by atoms with E-state index in [2.05, 4.69) is 0 Å². The summed E-state index contributed by atoms with van der Waals surface area (Å²) in [6.45, 7) is 0. The van der Waals surface area contributed by atoms with Gasteiger partial charge in [-0.3, -0.25) is 0 Å². The van der Waals surface area contributed by atoms with Gasteiger partial charge in [0.05, 0.1) is 9.79 Å². The molecule has 0 saturated heterocycles. The van der Waals surface area contributed by atoms with Crippen LogP contribution in [0.2, 0.25) is 0 Å². The zero-order valence-corrected chi connectivity index (χ0v) is 11.5. The molecule has 0 saturated carbocycles. The minimum absolute atomic E-state index is 0.359. The van der Waals surface area contributed by atoms with Crippen LogP contribution in [0.4, 0.5) is 0 Å². The van der Waals surface area contributed by atoms with Crippen LogP contribution < -0.4 is 0 Å². The van der Waals surface area contributed by atoms with Crippen molar-refractivity contribution in [3.8, 4) is 11.1 Å². The first kappa shape index (κ1) is 13.4. The lowest BCUT2D eigenvalue weighted by Gasteiger charge is -2.03. The van der Waals surface area contributed by atoms with Crippen LogP contribution in [0, 0.1) is 0 Å². The molecule has 18 heavy (non-hydrogen) atoms. The largest absolute Gasteiger partial charge is 0.302 e. The Morgan fingerprint density at radius 3 is 1.50 bits per heavy atom. The predicted octanol–water partition coefficient (Wildman–Crippen LogP) is 3.20. The fourth-order valence-electron chi connectivity index (χ4n) is 1.52. The van der Waals surface area contributed by atoms with Gasteiger partial charge in [-0.05, 0) is 46.1 Å². The van der Waals surface area contributed by atoms with Crippen LogP contribution in [-0.2, 0) is 21.1 Å². The second kappa shape index (κ2) is 5.75. The van der Waals surface area contributed by atoms with Crippen molar-refractivity contribution in [2.75, 3.05) is 0 Å². The summed E-state index contributed by atoms with van der Waals surface area (Å²) in [5.74, 6) is 0. The van der Waals surface area contributed by atoms with E-state index < -0.39 is 21.1 Å². The SMILES string of the molecule is O=S(O)c1ccc(-c2ccc(S(=O)Cl)cc2)cc1. The van der Waals surface area contributed by atoms with Gasteiger partial charge in [0.2, 0.25) is 0 Å². The molecule has 2 unspecified atom stereocenters. The average Bonchev–Trinajstić information content (AvgIpc) is 2.39. The van der Waals surface area contributed by atoms with E-state index in [1.165, 1.54) is 0 Å². The van der Waals surface area contributed by atoms with E-state index in [1.54, 1.807) is 48.5 Å². The fourth-order valence-corrected chi connectivity index (χ4v) is 2.55. The van der Waals surface area contributed by atoms with Gasteiger partial charge in [-0.25, -0.2) is 8.42 Å². The zero-order chi connectivity index (χ0) is 13.1. The van der Waals surface area contributed by atoms with Crippen molar-refractivity contribution in [2.24, 2.45) is 0 Å². The molecule has 0 amide bonds. The summed E-state index contributed by atoms with van der Waals surface area (Å²) in [4.78, 5) is 0.908. The molecule has 0 aliphatic rings. The smallest absolute Gasteiger partial charge is 0.186 e. The van der Waals surface area contributed by atoms with Crippen LogP contribution in [0.15, 0.2) is 58.3 Å². The molecule has 0 aliphatic carbocycles. The molecule has 2 aromatic carbocycles. The Labute approximate surface area is 114 Å². The van der Waals surface area contributed by atoms with E-state index in [0.29, 0.717) is 9.79 Å². The molecule has 0 heterocycles. The van der Waals surface area contributed by atoms with Gasteiger partial charge in [-0.15, -0.1) is 0 Å². The Kier molecular flexibility index (Phi) is 4.29. The number of benzene rings is 2. The summed E-state index contributed by atoms with van der Waals surface area (Å²) in [6.07, 6.45) is 0. The molecule has 2 aromatic rings. The fraction of sp³-hybridized carbons (Fsp3) is 0. The van der Waals surface area contributed by atoms with Crippen LogP contribution in [0.5, 0.6) is 0 Å². The molecule has 0 aromatic heterocycles. The molecule has 2 rings (SSSR count). The Balaban J connectivity index is 2.31. The highest BCUT2D eigenvalue weighted by molar-refractivity contribution is 8.08. The Bertz CT molecular complexity index is 538. The Hall–Kier alpha value is -1.01. The molecule has 0 spiro atoms. The Morgan fingerprint density at radius 1 is 0.778 bits per heavy atom. The van der Waals surface area contributed by atoms with Crippen molar-refractivity contribution >= 4 is 31.8 Å². The van der Waals surface area contributed by atoms with Gasteiger partial charge < -0.3 is 4.55 Å². The van der Waals surface area contributed by atoms with Gasteiger partial charge in [-0.1, -0.05) is 24.3 Å². The third kappa shape index (κ3) is 3.05. The first-order valence-corrected chi connectivity index (χ1v) is 8.05. The summed E-state index contributed by atoms with van der Waals surface area (Å²) < 4.78 is 30.8. The molecular formula is C12H9ClO3S2. The summed E-state index contributed by atoms with van der Waals surface area (Å²) in [5, 5.41) is 0. The van der Waals surface area contributed by atoms with Crippen molar-refractivity contribution in [3.05, 3.63) is 48.5 Å². The molecule has 0 aliphatic heterocycles. The lowest BCUT2D eigenvalue weighted by molar-refractivity contribution is 0.564. The highest BCUT2D eigenvalue weighted by atomic mass is 35.7. The molecule has 94 valence electrons. The van der Waals surface area contributed by atoms with Crippen LogP contribution in [0.1, 0.15) is 0 Å². The van der Waals surface area contributed by atoms with E-state index in [0.717, 1.165) is 11.1 Å². The maximum Gasteiger partial charge on any atom is 0.186 e. The minimum Gasteiger partial charge on any atom is -0.302 e. The van der Waals surface area contributed by atoms with Gasteiger partial charge in [0.1, 0.15) is 10.0 Å². The number of rotatable bonds is 3. The van der Waals surface area contributed by atoms with Gasteiger partial charge in [0, 0.05) is 0 Å². The molecule has 1 N–H and O–H groups in total. The maximum atomic E-state index is 11.0. The molecule has 0 radical (unpaired) electrons. The van der Waals surface area contributed by atoms with E-state index in [-0.39, 0.29) is 0 Å². The molecule has 2 atom stereocenters. The number of halogens is 1. The third-order valence-corrected chi connectivity index (χ3v) is 4.28. The van der Waals surface area contributed by atoms with Crippen LogP contribution in [0.25, 0.3) is 11.1 Å². The van der Waals surface area contributed by atoms with E-state index in [4.69, 9.17) is 15.2 Å². The van der Waals surface area contributed by atoms with Crippen molar-refractivity contribution in [2.45, 2.75) is 9.79 Å². The normalized spacial score (nSPS) is 14.1. The number of hydrogen-bond acceptors (Lipinski definition) is 2. The summed E-state index contributed by atoms with van der Waals surface area (Å²) in [6, 6.07) is 13.7. The average molecular weight is 301 g/mol. The van der Waals surface area contributed by atoms with Crippen LogP contribution >= 0.6 is 10.7 Å². The summed E-state index contributed by atoms with van der Waals surface area (Å²) >= 11 is -1.96. The summed E-state index contributed by atoms with van der Waals surface area (Å²) in [7, 11) is 3.96. The second-order valence-electron chi connectivity index (χ2n) is 3.52. The molecule has 0 bridgehead atoms. The minimum atomic E-state index is -1.96. The maximum absolute atomic E-state index is 11.0. The Morgan fingerprint density at radius 2 is 1.17 bits per heavy atom. The topological polar surface area (TPSA) is 54.4 Å². The second-order valence-corrected chi connectivity index (χ2v) is 6.25. The first-order chi connectivity index (χ1) is 8.58. The highest BCUT2D eigenvalue weighted by Gasteiger charge is 2.03. The molecule has 6 heteroatoms. The quantitative estimate of drug-likeness (QED) is 0.699. The molecule has 3 nitrogen and oxygen atoms in total. The van der Waals surface area contributed by atoms with Gasteiger partial charge >= 0.3 is 0 Å². The third-order valence-electron chi connectivity index (χ3n) is 2.43. The highest BCUT2D eigenvalue weighted by Crippen LogP contribution is 2.22. The van der Waals surface area contributed by atoms with Crippen LogP contribution in [0.3, 0.4) is 0 Å². The van der Waals surface area contributed by atoms with Gasteiger partial charge in [0.15, 0.2) is 11.1 Å². The van der Waals surface area contributed by atoms with E-state index in [9.17, 15) is 8.42 Å². The van der Waals surface area contributed by atoms with Crippen molar-refractivity contribution in [3.63, 3.8) is 0 Å². The standard InChI is InChI=1S/C12H9ClO3S2/c13-17(14)11-5-1-9(2-6-11)10-3-7-12(8-4-10)18(15)16/h1-8H,(H,15,16). The van der Waals surface area contributed by atoms with E-state index >= 15 is 0 Å². The molecular weight excluding hydrogens is 292 g/mol. The monoisotopic (exact) mass is 300 g/mol. The van der Waals surface area contributed by atoms with Crippen molar-refractivity contribution in [1.82, 2.24) is 0 Å². The number of hydrogen-bond donors (Lipinski definition) is 1. The first-order valence-electron chi connectivity index (χ1n) is 4.97. The molecule has 0 fully saturated rings. The summed E-state index contributed by atoms with van der Waals surface area (Å²) in [5.41, 5.74) is 1.84. The van der Waals surface area contributed by atoms with Crippen LogP contribution in [-0.4, -0.2) is 13.0 Å². The van der Waals surface area contributed by atoms with Crippen molar-refractivity contribution < 1.29 is 13.0 Å². The van der Waals surface area contributed by atoms with Crippen molar-refractivity contribution in [1.29, 1.82) is 0 Å². The lowest BCUT2D eigenvalue weighted by Crippen LogP contribution is -1.88. The lowest BCUT2D eigenvalue weighted by atomic mass is 10.1. The predicted molar refractivity (Wildman–Crippen MR) is 73.2 cm³/mol. The zero-order valence-electron chi connectivity index (χ0n) is 9.08. The van der Waals surface area contributed by atoms with Gasteiger partial charge in [-0.2, -0.15) is 0 Å². The van der Waals surface area contributed by atoms with Gasteiger partial charge in [0.25, 0.3) is 0 Å². The van der Waals surface area contributed by atoms with E-state index in [1.807, 2.05) is 0 Å².